The third-order valence-electron chi connectivity index (χ3n) is 3.53. The Kier molecular flexibility index (Phi) is 3.18. The van der Waals surface area contributed by atoms with Gasteiger partial charge in [-0.25, -0.2) is 9.97 Å². The van der Waals surface area contributed by atoms with Crippen LogP contribution in [0, 0.1) is 0 Å². The van der Waals surface area contributed by atoms with Gasteiger partial charge in [-0.1, -0.05) is 0 Å². The van der Waals surface area contributed by atoms with E-state index >= 15 is 0 Å². The predicted octanol–water partition coefficient (Wildman–Crippen LogP) is 2.16. The van der Waals surface area contributed by atoms with Crippen molar-refractivity contribution in [2.24, 2.45) is 0 Å². The Bertz CT molecular complexity index is 521. The molecule has 0 saturated heterocycles. The molecule has 3 rings (SSSR count). The zero-order valence-corrected chi connectivity index (χ0v) is 11.6. The third-order valence-corrected chi connectivity index (χ3v) is 4.75. The van der Waals surface area contributed by atoms with Crippen LogP contribution in [0.3, 0.4) is 0 Å². The van der Waals surface area contributed by atoms with Gasteiger partial charge in [0.15, 0.2) is 0 Å². The van der Waals surface area contributed by atoms with Gasteiger partial charge in [-0.3, -0.25) is 0 Å². The molecule has 0 aliphatic heterocycles. The van der Waals surface area contributed by atoms with Crippen LogP contribution >= 0.6 is 11.3 Å². The summed E-state index contributed by atoms with van der Waals surface area (Å²) in [6.45, 7) is 3.08. The monoisotopic (exact) mass is 262 g/mol. The molecule has 1 aliphatic rings. The van der Waals surface area contributed by atoms with Crippen LogP contribution in [0.2, 0.25) is 0 Å². The van der Waals surface area contributed by atoms with Gasteiger partial charge in [-0.05, 0) is 33.2 Å². The van der Waals surface area contributed by atoms with Crippen LogP contribution in [0.4, 0.5) is 0 Å². The van der Waals surface area contributed by atoms with E-state index in [9.17, 15) is 0 Å². The van der Waals surface area contributed by atoms with Crippen LogP contribution in [0.1, 0.15) is 40.7 Å². The Morgan fingerprint density at radius 2 is 2.39 bits per heavy atom. The maximum Gasteiger partial charge on any atom is 0.116 e. The number of nitrogens with one attached hydrogen (secondary N) is 1. The van der Waals surface area contributed by atoms with E-state index in [4.69, 9.17) is 4.98 Å². The molecule has 2 aromatic heterocycles. The van der Waals surface area contributed by atoms with Crippen LogP contribution in [0.5, 0.6) is 0 Å². The second kappa shape index (κ2) is 4.82. The van der Waals surface area contributed by atoms with Gasteiger partial charge >= 0.3 is 0 Å². The molecule has 1 aliphatic carbocycles. The molecule has 0 radical (unpaired) electrons. The first-order valence-electron chi connectivity index (χ1n) is 6.49. The predicted molar refractivity (Wildman–Crippen MR) is 72.9 cm³/mol. The molecule has 1 unspecified atom stereocenters. The molecule has 1 N–H and O–H groups in total. The summed E-state index contributed by atoms with van der Waals surface area (Å²) >= 11 is 1.86. The molecule has 96 valence electrons. The zero-order chi connectivity index (χ0) is 12.5. The first-order chi connectivity index (χ1) is 8.83. The van der Waals surface area contributed by atoms with Crippen LogP contribution in [0.25, 0.3) is 0 Å². The Labute approximate surface area is 111 Å². The van der Waals surface area contributed by atoms with E-state index in [1.165, 1.54) is 34.1 Å². The van der Waals surface area contributed by atoms with Crippen molar-refractivity contribution in [1.82, 2.24) is 19.9 Å². The fraction of sp³-hybridized carbons (Fsp3) is 0.538. The second-order valence-corrected chi connectivity index (χ2v) is 5.72. The highest BCUT2D eigenvalue weighted by Gasteiger charge is 2.24. The topological polar surface area (TPSA) is 42.7 Å². The van der Waals surface area contributed by atoms with Crippen molar-refractivity contribution in [1.29, 1.82) is 0 Å². The van der Waals surface area contributed by atoms with E-state index in [1.807, 2.05) is 30.9 Å². The average molecular weight is 262 g/mol. The summed E-state index contributed by atoms with van der Waals surface area (Å²) in [5, 5.41) is 4.55. The minimum atomic E-state index is 0.169. The molecule has 4 nitrogen and oxygen atoms in total. The summed E-state index contributed by atoms with van der Waals surface area (Å²) in [7, 11) is 1.99. The van der Waals surface area contributed by atoms with E-state index in [1.54, 1.807) is 0 Å². The van der Waals surface area contributed by atoms with Gasteiger partial charge in [-0.15, -0.1) is 11.3 Å². The molecule has 0 fully saturated rings. The number of thiazole rings is 1. The van der Waals surface area contributed by atoms with E-state index in [-0.39, 0.29) is 6.04 Å². The molecule has 2 aromatic rings. The first kappa shape index (κ1) is 11.9. The summed E-state index contributed by atoms with van der Waals surface area (Å²) in [5.74, 6) is 0. The summed E-state index contributed by atoms with van der Waals surface area (Å²) in [5.41, 5.74) is 2.52. The molecule has 0 spiro atoms. The highest BCUT2D eigenvalue weighted by molar-refractivity contribution is 7.11. The quantitative estimate of drug-likeness (QED) is 0.918. The Balaban J connectivity index is 1.96. The minimum absolute atomic E-state index is 0.169. The Hall–Kier alpha value is -1.20. The summed E-state index contributed by atoms with van der Waals surface area (Å²) in [6, 6.07) is 0.169. The zero-order valence-electron chi connectivity index (χ0n) is 10.8. The lowest BCUT2D eigenvalue weighted by Crippen LogP contribution is -2.20. The summed E-state index contributed by atoms with van der Waals surface area (Å²) in [6.07, 6.45) is 7.45. The van der Waals surface area contributed by atoms with Crippen molar-refractivity contribution in [3.63, 3.8) is 0 Å². The second-order valence-electron chi connectivity index (χ2n) is 4.60. The number of hydrogen-bond donors (Lipinski definition) is 1. The lowest BCUT2D eigenvalue weighted by Gasteiger charge is -2.15. The van der Waals surface area contributed by atoms with Gasteiger partial charge in [0.1, 0.15) is 11.0 Å². The van der Waals surface area contributed by atoms with Crippen molar-refractivity contribution in [2.45, 2.75) is 38.8 Å². The number of aromatic nitrogens is 3. The van der Waals surface area contributed by atoms with Crippen LogP contribution < -0.4 is 5.32 Å². The van der Waals surface area contributed by atoms with E-state index in [0.717, 1.165) is 13.0 Å². The van der Waals surface area contributed by atoms with Crippen LogP contribution in [0.15, 0.2) is 12.5 Å². The van der Waals surface area contributed by atoms with E-state index in [2.05, 4.69) is 21.8 Å². The van der Waals surface area contributed by atoms with E-state index < -0.39 is 0 Å². The highest BCUT2D eigenvalue weighted by Crippen LogP contribution is 2.32. The van der Waals surface area contributed by atoms with Gasteiger partial charge in [0.05, 0.1) is 23.9 Å². The van der Waals surface area contributed by atoms with Gasteiger partial charge in [0.25, 0.3) is 0 Å². The SMILES string of the molecule is CCn1cncc1C(NC)c1nc2c(s1)CCC2. The van der Waals surface area contributed by atoms with E-state index in [0.29, 0.717) is 0 Å². The fourth-order valence-corrected chi connectivity index (χ4v) is 3.84. The van der Waals surface area contributed by atoms with Crippen LogP contribution in [-0.2, 0) is 19.4 Å². The van der Waals surface area contributed by atoms with Gasteiger partial charge in [-0.2, -0.15) is 0 Å². The largest absolute Gasteiger partial charge is 0.333 e. The summed E-state index contributed by atoms with van der Waals surface area (Å²) in [4.78, 5) is 10.5. The lowest BCUT2D eigenvalue weighted by atomic mass is 10.2. The van der Waals surface area contributed by atoms with Gasteiger partial charge in [0, 0.05) is 11.4 Å². The molecule has 1 atom stereocenters. The number of nitrogens with zero attached hydrogens (tertiary/aromatic N) is 3. The number of rotatable bonds is 4. The standard InChI is InChI=1S/C13H18N4S/c1-3-17-8-15-7-10(17)12(14-2)13-16-9-5-4-6-11(9)18-13/h7-8,12,14H,3-6H2,1-2H3. The van der Waals surface area contributed by atoms with Crippen molar-refractivity contribution in [3.8, 4) is 0 Å². The number of fused-ring (bicyclic) bond motifs is 1. The van der Waals surface area contributed by atoms with Crippen molar-refractivity contribution in [3.05, 3.63) is 33.8 Å². The number of aryl methyl sites for hydroxylation is 3. The molecular weight excluding hydrogens is 244 g/mol. The van der Waals surface area contributed by atoms with Crippen molar-refractivity contribution in [2.75, 3.05) is 7.05 Å². The van der Waals surface area contributed by atoms with Gasteiger partial charge < -0.3 is 9.88 Å². The molecular formula is C13H18N4S. The Morgan fingerprint density at radius 3 is 3.11 bits per heavy atom. The normalized spacial score (nSPS) is 15.9. The molecule has 0 amide bonds. The number of imidazole rings is 1. The summed E-state index contributed by atoms with van der Waals surface area (Å²) < 4.78 is 2.17. The molecule has 5 heteroatoms. The van der Waals surface area contributed by atoms with Crippen molar-refractivity contribution < 1.29 is 0 Å². The lowest BCUT2D eigenvalue weighted by molar-refractivity contribution is 0.605. The van der Waals surface area contributed by atoms with Crippen molar-refractivity contribution >= 4 is 11.3 Å². The molecule has 0 saturated carbocycles. The van der Waals surface area contributed by atoms with Crippen LogP contribution in [-0.4, -0.2) is 21.6 Å². The molecule has 0 aromatic carbocycles. The third kappa shape index (κ3) is 1.87. The molecule has 2 heterocycles. The average Bonchev–Trinajstić information content (AvgIpc) is 3.03. The fourth-order valence-electron chi connectivity index (χ4n) is 2.57. The maximum absolute atomic E-state index is 4.81. The highest BCUT2D eigenvalue weighted by atomic mass is 32.1. The number of hydrogen-bond acceptors (Lipinski definition) is 4. The smallest absolute Gasteiger partial charge is 0.116 e. The maximum atomic E-state index is 4.81. The molecule has 0 bridgehead atoms. The Morgan fingerprint density at radius 1 is 1.50 bits per heavy atom. The minimum Gasteiger partial charge on any atom is -0.333 e. The van der Waals surface area contributed by atoms with Gasteiger partial charge in [0.2, 0.25) is 0 Å². The first-order valence-corrected chi connectivity index (χ1v) is 7.31. The molecule has 18 heavy (non-hydrogen) atoms.